The number of carbonyl (C=O) groups excluding carboxylic acids is 1. The highest BCUT2D eigenvalue weighted by Crippen LogP contribution is 2.28. The van der Waals surface area contributed by atoms with Gasteiger partial charge in [0.2, 0.25) is 5.91 Å². The molecule has 2 rings (SSSR count). The third-order valence-electron chi connectivity index (χ3n) is 3.05. The van der Waals surface area contributed by atoms with Crippen molar-refractivity contribution in [2.24, 2.45) is 5.92 Å². The molecule has 1 heterocycles. The number of benzene rings is 1. The van der Waals surface area contributed by atoms with Crippen molar-refractivity contribution in [3.63, 3.8) is 0 Å². The van der Waals surface area contributed by atoms with Crippen molar-refractivity contribution >= 4 is 11.6 Å². The molecule has 0 aromatic heterocycles. The summed E-state index contributed by atoms with van der Waals surface area (Å²) in [6.07, 6.45) is 0.822. The van der Waals surface area contributed by atoms with Gasteiger partial charge in [0.1, 0.15) is 17.5 Å². The van der Waals surface area contributed by atoms with E-state index in [0.29, 0.717) is 23.5 Å². The van der Waals surface area contributed by atoms with Crippen molar-refractivity contribution in [2.75, 3.05) is 25.5 Å². The Bertz CT molecular complexity index is 487. The standard InChI is InChI=1S/C13H15N3O2/c1-18-11-4-2-3-9(7-14)12(11)16-13(17)10-5-6-15-8-10/h2-4,10,15H,5-6,8H2,1H3,(H,16,17). The lowest BCUT2D eigenvalue weighted by atomic mass is 10.1. The van der Waals surface area contributed by atoms with Crippen LogP contribution < -0.4 is 15.4 Å². The molecule has 0 aliphatic carbocycles. The minimum absolute atomic E-state index is 0.0403. The van der Waals surface area contributed by atoms with Crippen LogP contribution in [0.2, 0.25) is 0 Å². The van der Waals surface area contributed by atoms with E-state index in [1.165, 1.54) is 7.11 Å². The van der Waals surface area contributed by atoms with Crippen molar-refractivity contribution in [1.82, 2.24) is 5.32 Å². The number of para-hydroxylation sites is 1. The van der Waals surface area contributed by atoms with Crippen molar-refractivity contribution in [3.8, 4) is 11.8 Å². The maximum atomic E-state index is 12.0. The summed E-state index contributed by atoms with van der Waals surface area (Å²) in [6, 6.07) is 7.17. The van der Waals surface area contributed by atoms with Gasteiger partial charge in [0.25, 0.3) is 0 Å². The molecule has 94 valence electrons. The average Bonchev–Trinajstić information content (AvgIpc) is 2.93. The van der Waals surface area contributed by atoms with Crippen molar-refractivity contribution in [1.29, 1.82) is 5.26 Å². The van der Waals surface area contributed by atoms with Gasteiger partial charge in [-0.15, -0.1) is 0 Å². The third kappa shape index (κ3) is 2.44. The van der Waals surface area contributed by atoms with E-state index < -0.39 is 0 Å². The maximum Gasteiger partial charge on any atom is 0.228 e. The summed E-state index contributed by atoms with van der Waals surface area (Å²) in [5, 5.41) is 15.0. The summed E-state index contributed by atoms with van der Waals surface area (Å²) in [6.45, 7) is 1.54. The van der Waals surface area contributed by atoms with E-state index in [0.717, 1.165) is 13.0 Å². The average molecular weight is 245 g/mol. The van der Waals surface area contributed by atoms with Crippen LogP contribution in [0, 0.1) is 17.2 Å². The summed E-state index contributed by atoms with van der Waals surface area (Å²) in [5.41, 5.74) is 0.869. The Balaban J connectivity index is 2.22. The van der Waals surface area contributed by atoms with Gasteiger partial charge in [-0.25, -0.2) is 0 Å². The second-order valence-electron chi connectivity index (χ2n) is 4.17. The molecular weight excluding hydrogens is 230 g/mol. The summed E-state index contributed by atoms with van der Waals surface area (Å²) >= 11 is 0. The zero-order chi connectivity index (χ0) is 13.0. The number of nitrogens with one attached hydrogen (secondary N) is 2. The molecule has 1 atom stereocenters. The molecule has 18 heavy (non-hydrogen) atoms. The normalized spacial score (nSPS) is 18.1. The predicted octanol–water partition coefficient (Wildman–Crippen LogP) is 1.11. The monoisotopic (exact) mass is 245 g/mol. The van der Waals surface area contributed by atoms with Crippen LogP contribution in [0.5, 0.6) is 5.75 Å². The van der Waals surface area contributed by atoms with E-state index in [2.05, 4.69) is 16.7 Å². The number of ether oxygens (including phenoxy) is 1. The number of hydrogen-bond acceptors (Lipinski definition) is 4. The molecule has 2 N–H and O–H groups in total. The second kappa shape index (κ2) is 5.52. The number of nitriles is 1. The van der Waals surface area contributed by atoms with Gasteiger partial charge in [0, 0.05) is 6.54 Å². The number of methoxy groups -OCH3 is 1. The Morgan fingerprint density at radius 3 is 3.06 bits per heavy atom. The molecular formula is C13H15N3O2. The van der Waals surface area contributed by atoms with Gasteiger partial charge in [-0.05, 0) is 25.1 Å². The molecule has 1 aromatic rings. The Hall–Kier alpha value is -2.06. The summed E-state index contributed by atoms with van der Waals surface area (Å²) in [4.78, 5) is 12.0. The van der Waals surface area contributed by atoms with Crippen LogP contribution in [-0.4, -0.2) is 26.1 Å². The topological polar surface area (TPSA) is 74.1 Å². The van der Waals surface area contributed by atoms with Crippen molar-refractivity contribution < 1.29 is 9.53 Å². The zero-order valence-corrected chi connectivity index (χ0v) is 10.2. The fraction of sp³-hybridized carbons (Fsp3) is 0.385. The SMILES string of the molecule is COc1cccc(C#N)c1NC(=O)C1CCNC1. The van der Waals surface area contributed by atoms with Gasteiger partial charge < -0.3 is 15.4 Å². The molecule has 5 nitrogen and oxygen atoms in total. The molecule has 1 unspecified atom stereocenters. The first-order chi connectivity index (χ1) is 8.76. The minimum atomic E-state index is -0.0685. The van der Waals surface area contributed by atoms with Crippen LogP contribution in [0.4, 0.5) is 5.69 Å². The van der Waals surface area contributed by atoms with E-state index in [9.17, 15) is 4.79 Å². The first-order valence-corrected chi connectivity index (χ1v) is 5.85. The van der Waals surface area contributed by atoms with Gasteiger partial charge in [-0.1, -0.05) is 6.07 Å². The largest absolute Gasteiger partial charge is 0.495 e. The van der Waals surface area contributed by atoms with E-state index in [1.54, 1.807) is 18.2 Å². The molecule has 1 aromatic carbocycles. The van der Waals surface area contributed by atoms with Crippen LogP contribution in [0.15, 0.2) is 18.2 Å². The zero-order valence-electron chi connectivity index (χ0n) is 10.2. The van der Waals surface area contributed by atoms with E-state index >= 15 is 0 Å². The molecule has 1 aliphatic heterocycles. The second-order valence-corrected chi connectivity index (χ2v) is 4.17. The highest BCUT2D eigenvalue weighted by Gasteiger charge is 2.24. The molecule has 1 amide bonds. The molecule has 1 fully saturated rings. The lowest BCUT2D eigenvalue weighted by Crippen LogP contribution is -2.25. The van der Waals surface area contributed by atoms with E-state index in [-0.39, 0.29) is 11.8 Å². The van der Waals surface area contributed by atoms with Crippen LogP contribution in [-0.2, 0) is 4.79 Å². The number of carbonyl (C=O) groups is 1. The van der Waals surface area contributed by atoms with E-state index in [4.69, 9.17) is 10.00 Å². The molecule has 1 saturated heterocycles. The lowest BCUT2D eigenvalue weighted by Gasteiger charge is -2.14. The van der Waals surface area contributed by atoms with Gasteiger partial charge >= 0.3 is 0 Å². The molecule has 5 heteroatoms. The quantitative estimate of drug-likeness (QED) is 0.836. The Labute approximate surface area is 106 Å². The summed E-state index contributed by atoms with van der Waals surface area (Å²) in [7, 11) is 1.52. The Morgan fingerprint density at radius 2 is 2.44 bits per heavy atom. The number of anilines is 1. The molecule has 1 aliphatic rings. The predicted molar refractivity (Wildman–Crippen MR) is 67.3 cm³/mol. The first kappa shape index (κ1) is 12.4. The van der Waals surface area contributed by atoms with Crippen molar-refractivity contribution in [3.05, 3.63) is 23.8 Å². The van der Waals surface area contributed by atoms with Crippen molar-refractivity contribution in [2.45, 2.75) is 6.42 Å². The summed E-state index contributed by atoms with van der Waals surface area (Å²) in [5.74, 6) is 0.399. The summed E-state index contributed by atoms with van der Waals surface area (Å²) < 4.78 is 5.17. The smallest absolute Gasteiger partial charge is 0.228 e. The van der Waals surface area contributed by atoms with Crippen LogP contribution in [0.25, 0.3) is 0 Å². The van der Waals surface area contributed by atoms with Crippen LogP contribution >= 0.6 is 0 Å². The molecule has 0 bridgehead atoms. The molecule has 0 radical (unpaired) electrons. The highest BCUT2D eigenvalue weighted by atomic mass is 16.5. The Kier molecular flexibility index (Phi) is 3.80. The first-order valence-electron chi connectivity index (χ1n) is 5.85. The van der Waals surface area contributed by atoms with Gasteiger partial charge in [0.05, 0.1) is 18.6 Å². The minimum Gasteiger partial charge on any atom is -0.495 e. The Morgan fingerprint density at radius 1 is 1.61 bits per heavy atom. The van der Waals surface area contributed by atoms with E-state index in [1.807, 2.05) is 0 Å². The van der Waals surface area contributed by atoms with Crippen LogP contribution in [0.3, 0.4) is 0 Å². The number of rotatable bonds is 3. The van der Waals surface area contributed by atoms with Gasteiger partial charge in [-0.3, -0.25) is 4.79 Å². The fourth-order valence-corrected chi connectivity index (χ4v) is 2.03. The fourth-order valence-electron chi connectivity index (χ4n) is 2.03. The number of hydrogen-bond donors (Lipinski definition) is 2. The van der Waals surface area contributed by atoms with Crippen LogP contribution in [0.1, 0.15) is 12.0 Å². The van der Waals surface area contributed by atoms with Gasteiger partial charge in [0.15, 0.2) is 0 Å². The molecule has 0 saturated carbocycles. The maximum absolute atomic E-state index is 12.0. The third-order valence-corrected chi connectivity index (χ3v) is 3.05. The number of nitrogens with zero attached hydrogens (tertiary/aromatic N) is 1. The highest BCUT2D eigenvalue weighted by molar-refractivity contribution is 5.95. The lowest BCUT2D eigenvalue weighted by molar-refractivity contribution is -0.119. The number of amides is 1. The van der Waals surface area contributed by atoms with Gasteiger partial charge in [-0.2, -0.15) is 5.26 Å². The molecule has 0 spiro atoms.